The van der Waals surface area contributed by atoms with Crippen molar-refractivity contribution in [3.8, 4) is 5.75 Å². The van der Waals surface area contributed by atoms with Gasteiger partial charge in [0.25, 0.3) is 5.69 Å². The number of non-ortho nitro benzene ring substituents is 1. The number of nitro groups is 1. The molecule has 0 aliphatic heterocycles. The monoisotopic (exact) mass is 402 g/mol. The van der Waals surface area contributed by atoms with Crippen molar-refractivity contribution in [3.05, 3.63) is 70.3 Å². The number of hydrogen-bond acceptors (Lipinski definition) is 7. The molecule has 152 valence electrons. The van der Waals surface area contributed by atoms with E-state index in [2.05, 4.69) is 5.32 Å². The number of carbonyl (C=O) groups excluding carboxylic acids is 2. The summed E-state index contributed by atoms with van der Waals surface area (Å²) in [6.45, 7) is -0.0320. The molecular weight excluding hydrogens is 384 g/mol. The van der Waals surface area contributed by atoms with Crippen LogP contribution in [-0.4, -0.2) is 34.1 Å². The zero-order valence-corrected chi connectivity index (χ0v) is 15.1. The van der Waals surface area contributed by atoms with Gasteiger partial charge in [-0.25, -0.2) is 9.59 Å². The van der Waals surface area contributed by atoms with E-state index in [0.29, 0.717) is 0 Å². The van der Waals surface area contributed by atoms with Gasteiger partial charge >= 0.3 is 18.0 Å². The molecule has 0 aliphatic rings. The van der Waals surface area contributed by atoms with Gasteiger partial charge in [-0.3, -0.25) is 14.9 Å². The number of carbonyl (C=O) groups is 3. The van der Waals surface area contributed by atoms with E-state index in [-0.39, 0.29) is 30.9 Å². The van der Waals surface area contributed by atoms with Gasteiger partial charge in [0.2, 0.25) is 0 Å². The molecule has 2 aromatic rings. The smallest absolute Gasteiger partial charge is 0.408 e. The Morgan fingerprint density at radius 1 is 1.07 bits per heavy atom. The van der Waals surface area contributed by atoms with Crippen molar-refractivity contribution in [3.63, 3.8) is 0 Å². The van der Waals surface area contributed by atoms with E-state index < -0.39 is 29.0 Å². The number of ether oxygens (including phenoxy) is 2. The molecule has 0 radical (unpaired) electrons. The van der Waals surface area contributed by atoms with Crippen molar-refractivity contribution in [1.29, 1.82) is 0 Å². The van der Waals surface area contributed by atoms with Gasteiger partial charge < -0.3 is 19.9 Å². The van der Waals surface area contributed by atoms with Gasteiger partial charge in [0.05, 0.1) is 4.92 Å². The third kappa shape index (κ3) is 7.29. The molecule has 0 spiro atoms. The van der Waals surface area contributed by atoms with Crippen LogP contribution in [0.15, 0.2) is 54.6 Å². The number of alkyl carbamates (subject to hydrolysis) is 1. The molecule has 2 rings (SSSR count). The number of nitrogens with one attached hydrogen (secondary N) is 1. The summed E-state index contributed by atoms with van der Waals surface area (Å²) >= 11 is 0. The summed E-state index contributed by atoms with van der Waals surface area (Å²) in [7, 11) is 0. The Kier molecular flexibility index (Phi) is 7.66. The molecule has 0 aromatic heterocycles. The van der Waals surface area contributed by atoms with Crippen LogP contribution in [0.1, 0.15) is 18.4 Å². The Bertz CT molecular complexity index is 868. The highest BCUT2D eigenvalue weighted by molar-refractivity contribution is 5.83. The highest BCUT2D eigenvalue weighted by Gasteiger charge is 2.25. The Balaban J connectivity index is 1.97. The molecule has 0 saturated heterocycles. The lowest BCUT2D eigenvalue weighted by Crippen LogP contribution is -2.43. The summed E-state index contributed by atoms with van der Waals surface area (Å²) in [4.78, 5) is 45.2. The first kappa shape index (κ1) is 21.4. The standard InChI is InChI=1S/C19H18N2O8/c22-17(23)11-10-16(20-19(25)28-12-13-4-2-1-3-5-13)18(24)29-15-8-6-14(7-9-15)21(26)27/h1-9,16H,10-12H2,(H,20,25)(H,22,23). The lowest BCUT2D eigenvalue weighted by Gasteiger charge is -2.17. The summed E-state index contributed by atoms with van der Waals surface area (Å²) in [5.41, 5.74) is 0.549. The molecule has 0 bridgehead atoms. The number of benzene rings is 2. The van der Waals surface area contributed by atoms with Crippen molar-refractivity contribution in [1.82, 2.24) is 5.32 Å². The largest absolute Gasteiger partial charge is 0.481 e. The fourth-order valence-corrected chi connectivity index (χ4v) is 2.25. The predicted octanol–water partition coefficient (Wildman–Crippen LogP) is 2.66. The van der Waals surface area contributed by atoms with E-state index in [1.807, 2.05) is 0 Å². The van der Waals surface area contributed by atoms with Gasteiger partial charge in [-0.15, -0.1) is 0 Å². The summed E-state index contributed by atoms with van der Waals surface area (Å²) < 4.78 is 10.1. The van der Waals surface area contributed by atoms with Crippen LogP contribution >= 0.6 is 0 Å². The van der Waals surface area contributed by atoms with Crippen molar-refractivity contribution >= 4 is 23.7 Å². The summed E-state index contributed by atoms with van der Waals surface area (Å²) in [6, 6.07) is 12.3. The average molecular weight is 402 g/mol. The second-order valence-corrected chi connectivity index (χ2v) is 5.86. The molecule has 1 atom stereocenters. The fraction of sp³-hybridized carbons (Fsp3) is 0.211. The molecule has 0 fully saturated rings. The van der Waals surface area contributed by atoms with Gasteiger partial charge in [0.1, 0.15) is 18.4 Å². The molecule has 10 nitrogen and oxygen atoms in total. The summed E-state index contributed by atoms with van der Waals surface area (Å²) in [6.07, 6.45) is -1.52. The third-order valence-electron chi connectivity index (χ3n) is 3.70. The molecule has 0 saturated carbocycles. The van der Waals surface area contributed by atoms with Crippen LogP contribution in [0.4, 0.5) is 10.5 Å². The third-order valence-corrected chi connectivity index (χ3v) is 3.70. The number of esters is 1. The number of carboxylic acid groups (broad SMARTS) is 1. The first-order valence-electron chi connectivity index (χ1n) is 8.50. The van der Waals surface area contributed by atoms with Gasteiger partial charge in [-0.2, -0.15) is 0 Å². The van der Waals surface area contributed by atoms with Crippen LogP contribution < -0.4 is 10.1 Å². The number of aliphatic carboxylic acids is 1. The number of nitrogens with zero attached hydrogens (tertiary/aromatic N) is 1. The molecular formula is C19H18N2O8. The van der Waals surface area contributed by atoms with E-state index in [0.717, 1.165) is 17.7 Å². The topological polar surface area (TPSA) is 145 Å². The maximum Gasteiger partial charge on any atom is 0.408 e. The predicted molar refractivity (Wildman–Crippen MR) is 99.2 cm³/mol. The summed E-state index contributed by atoms with van der Waals surface area (Å²) in [5, 5.41) is 21.8. The molecule has 1 unspecified atom stereocenters. The second-order valence-electron chi connectivity index (χ2n) is 5.86. The van der Waals surface area contributed by atoms with E-state index in [9.17, 15) is 24.5 Å². The van der Waals surface area contributed by atoms with Crippen molar-refractivity contribution in [2.24, 2.45) is 0 Å². The second kappa shape index (κ2) is 10.4. The number of nitro benzene ring substituents is 1. The Hall–Kier alpha value is -3.95. The minimum Gasteiger partial charge on any atom is -0.481 e. The molecule has 2 aromatic carbocycles. The molecule has 0 heterocycles. The maximum absolute atomic E-state index is 12.3. The zero-order chi connectivity index (χ0) is 21.2. The number of rotatable bonds is 9. The molecule has 10 heteroatoms. The van der Waals surface area contributed by atoms with Gasteiger partial charge in [0, 0.05) is 18.6 Å². The average Bonchev–Trinajstić information content (AvgIpc) is 2.70. The van der Waals surface area contributed by atoms with E-state index in [4.69, 9.17) is 14.6 Å². The fourth-order valence-electron chi connectivity index (χ4n) is 2.25. The van der Waals surface area contributed by atoms with Crippen LogP contribution in [0.5, 0.6) is 5.75 Å². The van der Waals surface area contributed by atoms with Crippen LogP contribution in [0.25, 0.3) is 0 Å². The number of hydrogen-bond donors (Lipinski definition) is 2. The first-order valence-corrected chi connectivity index (χ1v) is 8.50. The number of amides is 1. The molecule has 2 N–H and O–H groups in total. The van der Waals surface area contributed by atoms with E-state index >= 15 is 0 Å². The lowest BCUT2D eigenvalue weighted by atomic mass is 10.1. The van der Waals surface area contributed by atoms with Crippen LogP contribution in [0.2, 0.25) is 0 Å². The van der Waals surface area contributed by atoms with Crippen LogP contribution in [0, 0.1) is 10.1 Å². The van der Waals surface area contributed by atoms with Crippen LogP contribution in [0.3, 0.4) is 0 Å². The van der Waals surface area contributed by atoms with Gasteiger partial charge in [0.15, 0.2) is 0 Å². The Morgan fingerprint density at radius 3 is 2.31 bits per heavy atom. The highest BCUT2D eigenvalue weighted by Crippen LogP contribution is 2.18. The highest BCUT2D eigenvalue weighted by atomic mass is 16.6. The normalized spacial score (nSPS) is 11.2. The van der Waals surface area contributed by atoms with Gasteiger partial charge in [-0.05, 0) is 24.1 Å². The lowest BCUT2D eigenvalue weighted by molar-refractivity contribution is -0.384. The number of carboxylic acids is 1. The van der Waals surface area contributed by atoms with Crippen molar-refractivity contribution in [2.75, 3.05) is 0 Å². The summed E-state index contributed by atoms with van der Waals surface area (Å²) in [5.74, 6) is -2.06. The van der Waals surface area contributed by atoms with E-state index in [1.165, 1.54) is 12.1 Å². The van der Waals surface area contributed by atoms with Crippen molar-refractivity contribution < 1.29 is 33.9 Å². The van der Waals surface area contributed by atoms with E-state index in [1.54, 1.807) is 30.3 Å². The first-order chi connectivity index (χ1) is 13.8. The quantitative estimate of drug-likeness (QED) is 0.282. The minimum atomic E-state index is -1.27. The molecule has 29 heavy (non-hydrogen) atoms. The molecule has 1 amide bonds. The van der Waals surface area contributed by atoms with Gasteiger partial charge in [-0.1, -0.05) is 30.3 Å². The Labute approximate surface area is 165 Å². The zero-order valence-electron chi connectivity index (χ0n) is 15.1. The molecule has 0 aliphatic carbocycles. The minimum absolute atomic E-state index is 0.0142. The maximum atomic E-state index is 12.3. The van der Waals surface area contributed by atoms with Crippen LogP contribution in [-0.2, 0) is 20.9 Å². The SMILES string of the molecule is O=C(O)CCC(NC(=O)OCc1ccccc1)C(=O)Oc1ccc([N+](=O)[O-])cc1. The Morgan fingerprint density at radius 2 is 1.72 bits per heavy atom. The van der Waals surface area contributed by atoms with Crippen molar-refractivity contribution in [2.45, 2.75) is 25.5 Å².